The highest BCUT2D eigenvalue weighted by Gasteiger charge is 2.17. The third-order valence-electron chi connectivity index (χ3n) is 3.87. The molecule has 2 aromatic heterocycles. The van der Waals surface area contributed by atoms with Gasteiger partial charge in [0.15, 0.2) is 5.65 Å². The molecule has 4 heteroatoms. The lowest BCUT2D eigenvalue weighted by atomic mass is 10.1. The molecular formula is C19H24N4. The van der Waals surface area contributed by atoms with Gasteiger partial charge in [0.2, 0.25) is 0 Å². The molecule has 0 aliphatic carbocycles. The summed E-state index contributed by atoms with van der Waals surface area (Å²) in [4.78, 5) is 4.90. The van der Waals surface area contributed by atoms with Gasteiger partial charge in [0, 0.05) is 23.4 Å². The monoisotopic (exact) mass is 308 g/mol. The maximum Gasteiger partial charge on any atom is 0.165 e. The van der Waals surface area contributed by atoms with Crippen LogP contribution in [0.4, 0.5) is 5.82 Å². The van der Waals surface area contributed by atoms with Crippen molar-refractivity contribution in [1.82, 2.24) is 14.6 Å². The minimum absolute atomic E-state index is 0.338. The lowest BCUT2D eigenvalue weighted by molar-refractivity contribution is 0.795. The second kappa shape index (κ2) is 6.03. The van der Waals surface area contributed by atoms with Crippen molar-refractivity contribution in [3.63, 3.8) is 0 Å². The molecule has 2 heterocycles. The predicted octanol–water partition coefficient (Wildman–Crippen LogP) is 4.65. The number of anilines is 1. The zero-order chi connectivity index (χ0) is 16.6. The summed E-state index contributed by atoms with van der Waals surface area (Å²) in [5.74, 6) is 1.37. The predicted molar refractivity (Wildman–Crippen MR) is 96.0 cm³/mol. The van der Waals surface area contributed by atoms with Crippen LogP contribution in [0.15, 0.2) is 36.4 Å². The fraction of sp³-hybridized carbons (Fsp3) is 0.368. The lowest BCUT2D eigenvalue weighted by Gasteiger charge is -2.14. The van der Waals surface area contributed by atoms with Crippen LogP contribution in [0, 0.1) is 6.92 Å². The molecule has 3 aromatic rings. The van der Waals surface area contributed by atoms with Gasteiger partial charge in [-0.15, -0.1) is 0 Å². The van der Waals surface area contributed by atoms with E-state index in [1.54, 1.807) is 0 Å². The molecule has 0 amide bonds. The van der Waals surface area contributed by atoms with Crippen LogP contribution in [0.1, 0.15) is 45.0 Å². The minimum Gasteiger partial charge on any atom is -0.368 e. The van der Waals surface area contributed by atoms with Crippen molar-refractivity contribution in [1.29, 1.82) is 0 Å². The van der Waals surface area contributed by atoms with Gasteiger partial charge in [0.25, 0.3) is 0 Å². The number of fused-ring (bicyclic) bond motifs is 1. The van der Waals surface area contributed by atoms with Crippen molar-refractivity contribution >= 4 is 11.5 Å². The Morgan fingerprint density at radius 3 is 2.35 bits per heavy atom. The number of hydrogen-bond acceptors (Lipinski definition) is 3. The molecule has 0 saturated carbocycles. The number of hydrogen-bond donors (Lipinski definition) is 1. The largest absolute Gasteiger partial charge is 0.368 e. The molecule has 3 rings (SSSR count). The van der Waals surface area contributed by atoms with Gasteiger partial charge in [-0.25, -0.2) is 4.98 Å². The van der Waals surface area contributed by atoms with Crippen LogP contribution in [0.5, 0.6) is 0 Å². The molecule has 23 heavy (non-hydrogen) atoms. The second-order valence-electron chi connectivity index (χ2n) is 6.58. The normalized spacial score (nSPS) is 11.6. The van der Waals surface area contributed by atoms with Crippen LogP contribution in [0.25, 0.3) is 16.8 Å². The summed E-state index contributed by atoms with van der Waals surface area (Å²) < 4.78 is 1.93. The van der Waals surface area contributed by atoms with Gasteiger partial charge in [0.1, 0.15) is 5.82 Å². The van der Waals surface area contributed by atoms with E-state index in [9.17, 15) is 0 Å². The van der Waals surface area contributed by atoms with E-state index in [0.29, 0.717) is 12.0 Å². The number of nitrogens with zero attached hydrogens (tertiary/aromatic N) is 3. The first-order valence-electron chi connectivity index (χ1n) is 8.19. The summed E-state index contributed by atoms with van der Waals surface area (Å²) in [7, 11) is 0. The van der Waals surface area contributed by atoms with E-state index < -0.39 is 0 Å². The van der Waals surface area contributed by atoms with Crippen molar-refractivity contribution in [2.45, 2.75) is 46.6 Å². The Bertz CT molecular complexity index is 816. The first-order valence-corrected chi connectivity index (χ1v) is 8.19. The highest BCUT2D eigenvalue weighted by molar-refractivity contribution is 5.81. The Labute approximate surface area is 137 Å². The van der Waals surface area contributed by atoms with Gasteiger partial charge in [-0.3, -0.25) is 0 Å². The summed E-state index contributed by atoms with van der Waals surface area (Å²) in [5.41, 5.74) is 5.26. The highest BCUT2D eigenvalue weighted by Crippen LogP contribution is 2.30. The summed E-state index contributed by atoms with van der Waals surface area (Å²) in [5, 5.41) is 8.23. The van der Waals surface area contributed by atoms with E-state index in [2.05, 4.69) is 63.3 Å². The Hall–Kier alpha value is -2.36. The van der Waals surface area contributed by atoms with Gasteiger partial charge < -0.3 is 5.32 Å². The van der Waals surface area contributed by atoms with Gasteiger partial charge in [0.05, 0.1) is 5.69 Å². The Balaban J connectivity index is 2.30. The number of aryl methyl sites for hydroxylation is 1. The summed E-state index contributed by atoms with van der Waals surface area (Å²) in [6.45, 7) is 10.7. The zero-order valence-corrected chi connectivity index (χ0v) is 14.5. The van der Waals surface area contributed by atoms with Gasteiger partial charge in [-0.2, -0.15) is 9.61 Å². The Morgan fingerprint density at radius 2 is 1.74 bits per heavy atom. The van der Waals surface area contributed by atoms with Crippen LogP contribution in [0.3, 0.4) is 0 Å². The van der Waals surface area contributed by atoms with Gasteiger partial charge in [-0.1, -0.05) is 44.2 Å². The number of benzene rings is 1. The molecule has 4 nitrogen and oxygen atoms in total. The van der Waals surface area contributed by atoms with E-state index in [0.717, 1.165) is 34.0 Å². The molecule has 120 valence electrons. The van der Waals surface area contributed by atoms with Crippen LogP contribution >= 0.6 is 0 Å². The van der Waals surface area contributed by atoms with Crippen LogP contribution in [-0.2, 0) is 0 Å². The maximum absolute atomic E-state index is 4.90. The summed E-state index contributed by atoms with van der Waals surface area (Å²) in [6, 6.07) is 12.8. The van der Waals surface area contributed by atoms with Crippen molar-refractivity contribution in [2.24, 2.45) is 0 Å². The van der Waals surface area contributed by atoms with E-state index >= 15 is 0 Å². The zero-order valence-electron chi connectivity index (χ0n) is 14.5. The van der Waals surface area contributed by atoms with Crippen molar-refractivity contribution < 1.29 is 0 Å². The fourth-order valence-electron chi connectivity index (χ4n) is 2.78. The molecule has 1 N–H and O–H groups in total. The Morgan fingerprint density at radius 1 is 1.04 bits per heavy atom. The Kier molecular flexibility index (Phi) is 4.07. The highest BCUT2D eigenvalue weighted by atomic mass is 15.3. The quantitative estimate of drug-likeness (QED) is 0.763. The number of rotatable bonds is 4. The van der Waals surface area contributed by atoms with Crippen molar-refractivity contribution in [2.75, 3.05) is 5.32 Å². The molecule has 0 saturated heterocycles. The molecule has 0 radical (unpaired) electrons. The average Bonchev–Trinajstić information content (AvgIpc) is 2.84. The third kappa shape index (κ3) is 2.93. The van der Waals surface area contributed by atoms with Gasteiger partial charge in [-0.05, 0) is 32.3 Å². The molecule has 0 spiro atoms. The van der Waals surface area contributed by atoms with E-state index in [4.69, 9.17) is 10.1 Å². The molecule has 0 bridgehead atoms. The van der Waals surface area contributed by atoms with Crippen molar-refractivity contribution in [3.8, 4) is 11.1 Å². The third-order valence-corrected chi connectivity index (χ3v) is 3.87. The van der Waals surface area contributed by atoms with E-state index in [1.807, 2.05) is 17.5 Å². The lowest BCUT2D eigenvalue weighted by Crippen LogP contribution is -2.14. The average molecular weight is 308 g/mol. The smallest absolute Gasteiger partial charge is 0.165 e. The van der Waals surface area contributed by atoms with E-state index in [1.165, 1.54) is 0 Å². The topological polar surface area (TPSA) is 42.2 Å². The summed E-state index contributed by atoms with van der Waals surface area (Å²) >= 11 is 0. The first-order chi connectivity index (χ1) is 11.0. The number of aromatic nitrogens is 3. The summed E-state index contributed by atoms with van der Waals surface area (Å²) in [6.07, 6.45) is 0. The molecule has 0 aliphatic rings. The molecule has 0 atom stereocenters. The van der Waals surface area contributed by atoms with Crippen molar-refractivity contribution in [3.05, 3.63) is 47.8 Å². The fourth-order valence-corrected chi connectivity index (χ4v) is 2.78. The van der Waals surface area contributed by atoms with Gasteiger partial charge >= 0.3 is 0 Å². The molecule has 0 unspecified atom stereocenters. The second-order valence-corrected chi connectivity index (χ2v) is 6.58. The van der Waals surface area contributed by atoms with Crippen LogP contribution in [0.2, 0.25) is 0 Å². The standard InChI is InChI=1S/C19H24N4/c1-12(2)16-11-17(20-13(3)4)23-19(21-16)18(14(5)22-23)15-9-7-6-8-10-15/h6-13,20H,1-5H3. The number of nitrogens with one attached hydrogen (secondary N) is 1. The van der Waals surface area contributed by atoms with E-state index in [-0.39, 0.29) is 0 Å². The van der Waals surface area contributed by atoms with Crippen LogP contribution in [-0.4, -0.2) is 20.6 Å². The first kappa shape index (κ1) is 15.5. The SMILES string of the molecule is Cc1nn2c(NC(C)C)cc(C(C)C)nc2c1-c1ccccc1. The molecule has 0 fully saturated rings. The van der Waals surface area contributed by atoms with Crippen LogP contribution < -0.4 is 5.32 Å². The molecular weight excluding hydrogens is 284 g/mol. The minimum atomic E-state index is 0.338. The maximum atomic E-state index is 4.90. The molecule has 1 aromatic carbocycles. The molecule has 0 aliphatic heterocycles.